The predicted octanol–water partition coefficient (Wildman–Crippen LogP) is 4.15. The van der Waals surface area contributed by atoms with E-state index in [1.54, 1.807) is 6.07 Å². The van der Waals surface area contributed by atoms with Crippen LogP contribution in [0.4, 0.5) is 18.9 Å². The molecule has 0 radical (unpaired) electrons. The molecule has 0 aliphatic rings. The largest absolute Gasteiger partial charge is 0.586 e. The average molecular weight is 300 g/mol. The number of nitro benzene ring substituents is 1. The number of nitrogens with zero attached hydrogens (tertiary/aromatic N) is 1. The number of rotatable bonds is 3. The van der Waals surface area contributed by atoms with Gasteiger partial charge in [-0.3, -0.25) is 10.1 Å². The van der Waals surface area contributed by atoms with E-state index in [4.69, 9.17) is 0 Å². The summed E-state index contributed by atoms with van der Waals surface area (Å²) in [7, 11) is -2.11. The molecule has 0 spiro atoms. The van der Waals surface area contributed by atoms with Crippen LogP contribution in [0.15, 0.2) is 64.4 Å². The smallest absolute Gasteiger partial charge is 0.258 e. The van der Waals surface area contributed by atoms with Crippen molar-refractivity contribution >= 4 is 16.6 Å². The van der Waals surface area contributed by atoms with Gasteiger partial charge in [0.1, 0.15) is 0 Å². The van der Waals surface area contributed by atoms with Crippen molar-refractivity contribution in [3.63, 3.8) is 0 Å². The Labute approximate surface area is 115 Å². The van der Waals surface area contributed by atoms with Gasteiger partial charge in [-0.05, 0) is 12.1 Å². The Morgan fingerprint density at radius 3 is 1.85 bits per heavy atom. The molecule has 0 saturated heterocycles. The van der Waals surface area contributed by atoms with Gasteiger partial charge in [0.2, 0.25) is 0 Å². The molecule has 0 heterocycles. The van der Waals surface area contributed by atoms with Gasteiger partial charge in [-0.1, -0.05) is 18.2 Å². The van der Waals surface area contributed by atoms with E-state index in [1.165, 1.54) is 24.3 Å². The zero-order chi connectivity index (χ0) is 14.8. The Balaban J connectivity index is 2.45. The van der Waals surface area contributed by atoms with E-state index < -0.39 is 21.3 Å². The summed E-state index contributed by atoms with van der Waals surface area (Å²) in [5, 5.41) is 10.5. The second-order valence-corrected chi connectivity index (χ2v) is 5.83. The van der Waals surface area contributed by atoms with E-state index in [0.717, 1.165) is 24.3 Å². The highest BCUT2D eigenvalue weighted by molar-refractivity contribution is 7.97. The molecule has 104 valence electrons. The molecule has 0 saturated carbocycles. The van der Waals surface area contributed by atoms with E-state index in [2.05, 4.69) is 0 Å². The topological polar surface area (TPSA) is 43.1 Å². The van der Waals surface area contributed by atoms with Gasteiger partial charge in [0, 0.05) is 24.3 Å². The highest BCUT2D eigenvalue weighted by Crippen LogP contribution is 2.38. The number of non-ortho nitro benzene ring substituents is 1. The van der Waals surface area contributed by atoms with Crippen LogP contribution in [0.25, 0.3) is 0 Å². The van der Waals surface area contributed by atoms with Crippen molar-refractivity contribution in [2.24, 2.45) is 0 Å². The summed E-state index contributed by atoms with van der Waals surface area (Å²) in [5.41, 5.74) is -4.66. The fraction of sp³-hybridized carbons (Fsp3) is 0.0769. The minimum Gasteiger partial charge on any atom is -0.258 e. The molecule has 2 aromatic carbocycles. The normalized spacial score (nSPS) is 12.9. The first-order valence-corrected chi connectivity index (χ1v) is 6.72. The first kappa shape index (κ1) is 14.4. The maximum atomic E-state index is 13.2. The Kier molecular flexibility index (Phi) is 3.99. The molecule has 2 aromatic rings. The number of nitro groups is 1. The molecule has 0 amide bonds. The van der Waals surface area contributed by atoms with Crippen LogP contribution in [0, 0.1) is 10.1 Å². The zero-order valence-corrected chi connectivity index (χ0v) is 10.8. The van der Waals surface area contributed by atoms with E-state index >= 15 is 0 Å². The van der Waals surface area contributed by atoms with E-state index in [9.17, 15) is 23.3 Å². The zero-order valence-electron chi connectivity index (χ0n) is 10.0. The third-order valence-electron chi connectivity index (χ3n) is 2.49. The fourth-order valence-corrected chi connectivity index (χ4v) is 3.31. The first-order chi connectivity index (χ1) is 9.39. The first-order valence-electron chi connectivity index (χ1n) is 5.50. The summed E-state index contributed by atoms with van der Waals surface area (Å²) in [5.74, 6) is 0. The highest BCUT2D eigenvalue weighted by atomic mass is 32.2. The van der Waals surface area contributed by atoms with Crippen LogP contribution in [0.1, 0.15) is 0 Å². The Morgan fingerprint density at radius 1 is 0.900 bits per heavy atom. The molecule has 0 N–H and O–H groups in total. The van der Waals surface area contributed by atoms with E-state index in [0.29, 0.717) is 0 Å². The van der Waals surface area contributed by atoms with Crippen LogP contribution >= 0.6 is 0 Å². The fourth-order valence-electron chi connectivity index (χ4n) is 1.66. The van der Waals surface area contributed by atoms with Gasteiger partial charge >= 0.3 is 5.51 Å². The lowest BCUT2D eigenvalue weighted by atomic mass is 10.3. The Bertz CT molecular complexity index is 599. The number of benzene rings is 2. The molecule has 1 unspecified atom stereocenters. The lowest BCUT2D eigenvalue weighted by Crippen LogP contribution is -2.24. The number of hydrogen-bond donors (Lipinski definition) is 0. The maximum Gasteiger partial charge on any atom is 0.586 e. The molecule has 0 bridgehead atoms. The SMILES string of the molecule is O=[N+]([O-])c1ccc([S+](c2ccccc2)C(F)(F)F)cc1. The van der Waals surface area contributed by atoms with Crippen LogP contribution in [-0.4, -0.2) is 10.4 Å². The van der Waals surface area contributed by atoms with Gasteiger partial charge in [-0.15, -0.1) is 13.2 Å². The van der Waals surface area contributed by atoms with Crippen LogP contribution in [0.2, 0.25) is 0 Å². The maximum absolute atomic E-state index is 13.2. The molecular formula is C13H9F3NO2S+. The Morgan fingerprint density at radius 2 is 1.40 bits per heavy atom. The molecule has 20 heavy (non-hydrogen) atoms. The third-order valence-corrected chi connectivity index (χ3v) is 4.44. The van der Waals surface area contributed by atoms with Crippen molar-refractivity contribution in [1.82, 2.24) is 0 Å². The molecule has 0 aliphatic heterocycles. The van der Waals surface area contributed by atoms with Crippen molar-refractivity contribution < 1.29 is 18.1 Å². The third kappa shape index (κ3) is 3.11. The summed E-state index contributed by atoms with van der Waals surface area (Å²) in [6.45, 7) is 0. The molecule has 0 fully saturated rings. The minimum absolute atomic E-state index is 0.00861. The van der Waals surface area contributed by atoms with Gasteiger partial charge < -0.3 is 0 Å². The summed E-state index contributed by atoms with van der Waals surface area (Å²) < 4.78 is 39.7. The van der Waals surface area contributed by atoms with Crippen LogP contribution in [0.5, 0.6) is 0 Å². The van der Waals surface area contributed by atoms with Crippen molar-refractivity contribution in [3.8, 4) is 0 Å². The average Bonchev–Trinajstić information content (AvgIpc) is 2.39. The van der Waals surface area contributed by atoms with Crippen molar-refractivity contribution in [1.29, 1.82) is 0 Å². The summed E-state index contributed by atoms with van der Waals surface area (Å²) in [6.07, 6.45) is 0. The monoisotopic (exact) mass is 300 g/mol. The molecule has 0 aliphatic carbocycles. The van der Waals surface area contributed by atoms with Gasteiger partial charge in [0.25, 0.3) is 5.69 Å². The van der Waals surface area contributed by atoms with Gasteiger partial charge in [-0.2, -0.15) is 0 Å². The van der Waals surface area contributed by atoms with Crippen LogP contribution < -0.4 is 0 Å². The highest BCUT2D eigenvalue weighted by Gasteiger charge is 2.54. The quantitative estimate of drug-likeness (QED) is 0.485. The number of alkyl halides is 3. The lowest BCUT2D eigenvalue weighted by molar-refractivity contribution is -0.384. The molecule has 2 rings (SSSR count). The number of halogens is 3. The summed E-state index contributed by atoms with van der Waals surface area (Å²) in [6, 6.07) is 12.0. The molecule has 1 atom stereocenters. The van der Waals surface area contributed by atoms with Crippen molar-refractivity contribution in [3.05, 3.63) is 64.7 Å². The molecule has 7 heteroatoms. The van der Waals surface area contributed by atoms with Gasteiger partial charge in [-0.25, -0.2) is 0 Å². The van der Waals surface area contributed by atoms with E-state index in [1.807, 2.05) is 0 Å². The molecular weight excluding hydrogens is 291 g/mol. The predicted molar refractivity (Wildman–Crippen MR) is 69.5 cm³/mol. The van der Waals surface area contributed by atoms with Crippen molar-refractivity contribution in [2.75, 3.05) is 0 Å². The second-order valence-electron chi connectivity index (χ2n) is 3.82. The second kappa shape index (κ2) is 5.54. The minimum atomic E-state index is -4.43. The molecule has 3 nitrogen and oxygen atoms in total. The molecule has 0 aromatic heterocycles. The van der Waals surface area contributed by atoms with E-state index in [-0.39, 0.29) is 15.5 Å². The summed E-state index contributed by atoms with van der Waals surface area (Å²) in [4.78, 5) is 10.0. The summed E-state index contributed by atoms with van der Waals surface area (Å²) >= 11 is 0. The van der Waals surface area contributed by atoms with Crippen LogP contribution in [-0.2, 0) is 10.9 Å². The number of hydrogen-bond acceptors (Lipinski definition) is 2. The van der Waals surface area contributed by atoms with Crippen LogP contribution in [0.3, 0.4) is 0 Å². The lowest BCUT2D eigenvalue weighted by Gasteiger charge is -2.09. The Hall–Kier alpha value is -2.02. The van der Waals surface area contributed by atoms with Gasteiger partial charge in [0.15, 0.2) is 20.7 Å². The van der Waals surface area contributed by atoms with Gasteiger partial charge in [0.05, 0.1) is 4.92 Å². The standard InChI is InChI=1S/C13H9F3NO2S/c14-13(15,16)20(11-4-2-1-3-5-11)12-8-6-10(7-9-12)17(18)19/h1-9H/q+1. The van der Waals surface area contributed by atoms with Crippen molar-refractivity contribution in [2.45, 2.75) is 15.3 Å².